The molecule has 1 aliphatic rings. The molecular formula is C11H17BrN2O2S2. The van der Waals surface area contributed by atoms with Crippen LogP contribution >= 0.6 is 27.3 Å². The van der Waals surface area contributed by atoms with Crippen LogP contribution in [-0.4, -0.2) is 20.5 Å². The Morgan fingerprint density at radius 3 is 2.56 bits per heavy atom. The number of nitrogens with one attached hydrogen (secondary N) is 1. The van der Waals surface area contributed by atoms with Gasteiger partial charge in [-0.15, -0.1) is 11.3 Å². The number of hydrogen-bond donors (Lipinski definition) is 2. The van der Waals surface area contributed by atoms with Crippen LogP contribution in [0.1, 0.15) is 30.6 Å². The lowest BCUT2D eigenvalue weighted by Gasteiger charge is -2.28. The first-order chi connectivity index (χ1) is 8.38. The predicted molar refractivity (Wildman–Crippen MR) is 77.3 cm³/mol. The molecule has 1 heterocycles. The molecule has 0 atom stereocenters. The fraction of sp³-hybridized carbons (Fsp3) is 0.636. The Hall–Kier alpha value is 0.0500. The second kappa shape index (κ2) is 5.20. The van der Waals surface area contributed by atoms with E-state index >= 15 is 0 Å². The predicted octanol–water partition coefficient (Wildman–Crippen LogP) is 2.37. The molecule has 1 aliphatic carbocycles. The van der Waals surface area contributed by atoms with Gasteiger partial charge in [0.1, 0.15) is 0 Å². The fourth-order valence-corrected chi connectivity index (χ4v) is 6.32. The molecule has 0 aromatic carbocycles. The normalized spacial score (nSPS) is 19.3. The molecule has 0 radical (unpaired) electrons. The van der Waals surface area contributed by atoms with E-state index in [1.165, 1.54) is 11.3 Å². The zero-order chi connectivity index (χ0) is 13.4. The van der Waals surface area contributed by atoms with E-state index in [1.54, 1.807) is 6.07 Å². The third-order valence-electron chi connectivity index (χ3n) is 3.43. The molecule has 1 aromatic heterocycles. The van der Waals surface area contributed by atoms with Gasteiger partial charge in [-0.25, -0.2) is 13.1 Å². The summed E-state index contributed by atoms with van der Waals surface area (Å²) in [4.78, 5) is 1.15. The Morgan fingerprint density at radius 1 is 1.50 bits per heavy atom. The number of nitrogens with two attached hydrogens (primary N) is 1. The van der Waals surface area contributed by atoms with Crippen LogP contribution in [0.5, 0.6) is 0 Å². The van der Waals surface area contributed by atoms with E-state index in [9.17, 15) is 8.42 Å². The summed E-state index contributed by atoms with van der Waals surface area (Å²) in [6.07, 6.45) is 3.72. The van der Waals surface area contributed by atoms with Crippen LogP contribution in [0.2, 0.25) is 0 Å². The van der Waals surface area contributed by atoms with Crippen molar-refractivity contribution in [3.05, 3.63) is 14.7 Å². The van der Waals surface area contributed by atoms with Crippen LogP contribution in [0.25, 0.3) is 0 Å². The molecule has 1 saturated carbocycles. The van der Waals surface area contributed by atoms with Gasteiger partial charge < -0.3 is 5.73 Å². The smallest absolute Gasteiger partial charge is 0.242 e. The Kier molecular flexibility index (Phi) is 4.18. The third-order valence-corrected chi connectivity index (χ3v) is 6.82. The largest absolute Gasteiger partial charge is 0.329 e. The second-order valence-electron chi connectivity index (χ2n) is 4.77. The summed E-state index contributed by atoms with van der Waals surface area (Å²) in [6.45, 7) is 2.17. The third kappa shape index (κ3) is 2.80. The standard InChI is InChI=1S/C11H17BrN2O2S2/c1-8-9(6-10(12)17-8)18(15,16)14-11(7-13)4-2-3-5-11/h6,14H,2-5,7,13H2,1H3. The van der Waals surface area contributed by atoms with Crippen molar-refractivity contribution < 1.29 is 8.42 Å². The average Bonchev–Trinajstić information content (AvgIpc) is 2.86. The summed E-state index contributed by atoms with van der Waals surface area (Å²) in [5.41, 5.74) is 5.32. The summed E-state index contributed by atoms with van der Waals surface area (Å²) in [6, 6.07) is 1.65. The maximum absolute atomic E-state index is 12.4. The number of aryl methyl sites for hydroxylation is 1. The Bertz CT molecular complexity index is 533. The molecule has 2 rings (SSSR count). The number of thiophene rings is 1. The summed E-state index contributed by atoms with van der Waals surface area (Å²) < 4.78 is 28.5. The molecule has 0 saturated heterocycles. The lowest BCUT2D eigenvalue weighted by molar-refractivity contribution is 0.399. The summed E-state index contributed by atoms with van der Waals surface area (Å²) in [5, 5.41) is 0. The molecule has 18 heavy (non-hydrogen) atoms. The molecule has 0 amide bonds. The summed E-state index contributed by atoms with van der Waals surface area (Å²) >= 11 is 4.75. The number of rotatable bonds is 4. The van der Waals surface area contributed by atoms with Crippen molar-refractivity contribution >= 4 is 37.3 Å². The van der Waals surface area contributed by atoms with E-state index in [4.69, 9.17) is 5.73 Å². The van der Waals surface area contributed by atoms with Gasteiger partial charge in [0.2, 0.25) is 10.0 Å². The molecular weight excluding hydrogens is 336 g/mol. The Labute approximate surface area is 120 Å². The number of halogens is 1. The number of hydrogen-bond acceptors (Lipinski definition) is 4. The Morgan fingerprint density at radius 2 is 2.11 bits per heavy atom. The van der Waals surface area contributed by atoms with E-state index in [0.717, 1.165) is 34.3 Å². The van der Waals surface area contributed by atoms with Crippen LogP contribution in [0, 0.1) is 6.92 Å². The van der Waals surface area contributed by atoms with Crippen LogP contribution in [0.15, 0.2) is 14.7 Å². The van der Waals surface area contributed by atoms with Crippen LogP contribution in [0.3, 0.4) is 0 Å². The van der Waals surface area contributed by atoms with Crippen molar-refractivity contribution in [3.63, 3.8) is 0 Å². The number of sulfonamides is 1. The van der Waals surface area contributed by atoms with Crippen LogP contribution < -0.4 is 10.5 Å². The molecule has 1 aromatic rings. The lowest BCUT2D eigenvalue weighted by atomic mass is 10.0. The highest BCUT2D eigenvalue weighted by Gasteiger charge is 2.37. The van der Waals surface area contributed by atoms with Gasteiger partial charge in [0.05, 0.1) is 8.68 Å². The minimum absolute atomic E-state index is 0.358. The van der Waals surface area contributed by atoms with Gasteiger partial charge in [-0.1, -0.05) is 12.8 Å². The minimum atomic E-state index is -3.47. The van der Waals surface area contributed by atoms with Gasteiger partial charge >= 0.3 is 0 Å². The minimum Gasteiger partial charge on any atom is -0.329 e. The molecule has 0 bridgehead atoms. The molecule has 3 N–H and O–H groups in total. The van der Waals surface area contributed by atoms with Crippen molar-refractivity contribution in [2.24, 2.45) is 5.73 Å². The van der Waals surface area contributed by atoms with E-state index in [1.807, 2.05) is 6.92 Å². The molecule has 7 heteroatoms. The summed E-state index contributed by atoms with van der Waals surface area (Å²) in [7, 11) is -3.47. The highest BCUT2D eigenvalue weighted by molar-refractivity contribution is 9.11. The monoisotopic (exact) mass is 352 g/mol. The maximum atomic E-state index is 12.4. The van der Waals surface area contributed by atoms with Gasteiger partial charge in [0.25, 0.3) is 0 Å². The molecule has 1 fully saturated rings. The van der Waals surface area contributed by atoms with Crippen LogP contribution in [-0.2, 0) is 10.0 Å². The zero-order valence-electron chi connectivity index (χ0n) is 10.2. The van der Waals surface area contributed by atoms with Gasteiger partial charge in [-0.3, -0.25) is 0 Å². The quantitative estimate of drug-likeness (QED) is 0.873. The van der Waals surface area contributed by atoms with Gasteiger partial charge in [-0.05, 0) is 41.8 Å². The highest BCUT2D eigenvalue weighted by Crippen LogP contribution is 2.33. The lowest BCUT2D eigenvalue weighted by Crippen LogP contribution is -2.51. The van der Waals surface area contributed by atoms with E-state index in [-0.39, 0.29) is 0 Å². The molecule has 0 unspecified atom stereocenters. The van der Waals surface area contributed by atoms with E-state index in [2.05, 4.69) is 20.7 Å². The summed E-state index contributed by atoms with van der Waals surface area (Å²) in [5.74, 6) is 0. The average molecular weight is 353 g/mol. The van der Waals surface area contributed by atoms with Crippen molar-refractivity contribution in [2.45, 2.75) is 43.0 Å². The molecule has 0 aliphatic heterocycles. The SMILES string of the molecule is Cc1sc(Br)cc1S(=O)(=O)NC1(CN)CCCC1. The molecule has 102 valence electrons. The zero-order valence-corrected chi connectivity index (χ0v) is 13.4. The molecule has 4 nitrogen and oxygen atoms in total. The van der Waals surface area contributed by atoms with E-state index < -0.39 is 15.6 Å². The maximum Gasteiger partial charge on any atom is 0.242 e. The van der Waals surface area contributed by atoms with Crippen molar-refractivity contribution in [2.75, 3.05) is 6.54 Å². The first kappa shape index (κ1) is 14.5. The van der Waals surface area contributed by atoms with Crippen LogP contribution in [0.4, 0.5) is 0 Å². The van der Waals surface area contributed by atoms with Gasteiger partial charge in [-0.2, -0.15) is 0 Å². The van der Waals surface area contributed by atoms with E-state index in [0.29, 0.717) is 11.4 Å². The van der Waals surface area contributed by atoms with Crippen molar-refractivity contribution in [3.8, 4) is 0 Å². The fourth-order valence-electron chi connectivity index (χ4n) is 2.44. The highest BCUT2D eigenvalue weighted by atomic mass is 79.9. The second-order valence-corrected chi connectivity index (χ2v) is 9.05. The van der Waals surface area contributed by atoms with Gasteiger partial charge in [0.15, 0.2) is 0 Å². The first-order valence-electron chi connectivity index (χ1n) is 5.89. The van der Waals surface area contributed by atoms with Crippen molar-refractivity contribution in [1.82, 2.24) is 4.72 Å². The van der Waals surface area contributed by atoms with Crippen molar-refractivity contribution in [1.29, 1.82) is 0 Å². The Balaban J connectivity index is 2.29. The van der Waals surface area contributed by atoms with Gasteiger partial charge in [0, 0.05) is 17.0 Å². The first-order valence-corrected chi connectivity index (χ1v) is 8.98. The topological polar surface area (TPSA) is 72.2 Å². The molecule has 0 spiro atoms.